The molecule has 0 spiro atoms. The van der Waals surface area contributed by atoms with Crippen LogP contribution in [0, 0.1) is 0 Å². The third-order valence-electron chi connectivity index (χ3n) is 2.68. The van der Waals surface area contributed by atoms with Crippen molar-refractivity contribution in [2.24, 2.45) is 0 Å². The zero-order chi connectivity index (χ0) is 14.4. The van der Waals surface area contributed by atoms with E-state index in [4.69, 9.17) is 4.74 Å². The van der Waals surface area contributed by atoms with Crippen molar-refractivity contribution < 1.29 is 14.6 Å². The van der Waals surface area contributed by atoms with Crippen LogP contribution in [0.25, 0.3) is 0 Å². The highest BCUT2D eigenvalue weighted by Crippen LogP contribution is 2.21. The Labute approximate surface area is 125 Å². The topological polar surface area (TPSA) is 58.6 Å². The molecule has 4 nitrogen and oxygen atoms in total. The summed E-state index contributed by atoms with van der Waals surface area (Å²) in [6.45, 7) is 0.436. The van der Waals surface area contributed by atoms with Gasteiger partial charge in [0.2, 0.25) is 0 Å². The summed E-state index contributed by atoms with van der Waals surface area (Å²) in [7, 11) is 0. The summed E-state index contributed by atoms with van der Waals surface area (Å²) in [5.74, 6) is 0.128. The fourth-order valence-corrected chi connectivity index (χ4v) is 1.98. The van der Waals surface area contributed by atoms with Crippen LogP contribution < -0.4 is 5.32 Å². The van der Waals surface area contributed by atoms with E-state index in [1.54, 1.807) is 18.2 Å². The van der Waals surface area contributed by atoms with Gasteiger partial charge in [-0.05, 0) is 17.7 Å². The maximum Gasteiger partial charge on any atom is 0.407 e. The van der Waals surface area contributed by atoms with Gasteiger partial charge in [0.1, 0.15) is 12.4 Å². The van der Waals surface area contributed by atoms with Crippen molar-refractivity contribution >= 4 is 22.0 Å². The molecule has 2 aromatic rings. The standard InChI is InChI=1S/C15H14BrNO3/c16-13-7-6-12(14(18)8-13)9-17-15(19)20-10-11-4-2-1-3-5-11/h1-8,18H,9-10H2,(H,17,19). The number of phenolic OH excluding ortho intramolecular Hbond substituents is 1. The number of ether oxygens (including phenoxy) is 1. The molecule has 0 aliphatic rings. The Bertz CT molecular complexity index is 587. The van der Waals surface area contributed by atoms with E-state index in [9.17, 15) is 9.90 Å². The molecule has 0 fully saturated rings. The third kappa shape index (κ3) is 4.28. The lowest BCUT2D eigenvalue weighted by atomic mass is 10.2. The van der Waals surface area contributed by atoms with Gasteiger partial charge in [-0.15, -0.1) is 0 Å². The number of halogens is 1. The minimum Gasteiger partial charge on any atom is -0.508 e. The number of alkyl carbamates (subject to hydrolysis) is 1. The number of benzene rings is 2. The number of aromatic hydroxyl groups is 1. The molecule has 0 bridgehead atoms. The first-order valence-corrected chi connectivity index (χ1v) is 6.86. The second kappa shape index (κ2) is 6.96. The average Bonchev–Trinajstić information content (AvgIpc) is 2.45. The van der Waals surface area contributed by atoms with Crippen molar-refractivity contribution in [3.05, 3.63) is 64.1 Å². The van der Waals surface area contributed by atoms with E-state index in [1.165, 1.54) is 0 Å². The van der Waals surface area contributed by atoms with Gasteiger partial charge in [0.25, 0.3) is 0 Å². The van der Waals surface area contributed by atoms with Crippen LogP contribution in [0.15, 0.2) is 53.0 Å². The van der Waals surface area contributed by atoms with Crippen LogP contribution in [-0.2, 0) is 17.9 Å². The summed E-state index contributed by atoms with van der Waals surface area (Å²) >= 11 is 3.26. The van der Waals surface area contributed by atoms with Crippen LogP contribution in [-0.4, -0.2) is 11.2 Å². The van der Waals surface area contributed by atoms with Crippen LogP contribution >= 0.6 is 15.9 Å². The normalized spacial score (nSPS) is 10.1. The molecule has 0 atom stereocenters. The molecule has 1 amide bonds. The quantitative estimate of drug-likeness (QED) is 0.897. The van der Waals surface area contributed by atoms with Gasteiger partial charge >= 0.3 is 6.09 Å². The highest BCUT2D eigenvalue weighted by atomic mass is 79.9. The summed E-state index contributed by atoms with van der Waals surface area (Å²) in [5, 5.41) is 12.3. The zero-order valence-corrected chi connectivity index (χ0v) is 12.3. The molecule has 0 aromatic heterocycles. The molecule has 0 saturated heterocycles. The Kier molecular flexibility index (Phi) is 5.01. The zero-order valence-electron chi connectivity index (χ0n) is 10.7. The highest BCUT2D eigenvalue weighted by molar-refractivity contribution is 9.10. The van der Waals surface area contributed by atoms with Crippen molar-refractivity contribution in [3.8, 4) is 5.75 Å². The van der Waals surface area contributed by atoms with Crippen molar-refractivity contribution in [1.82, 2.24) is 5.32 Å². The molecule has 104 valence electrons. The smallest absolute Gasteiger partial charge is 0.407 e. The van der Waals surface area contributed by atoms with E-state index in [0.717, 1.165) is 10.0 Å². The van der Waals surface area contributed by atoms with Crippen LogP contribution in [0.3, 0.4) is 0 Å². The lowest BCUT2D eigenvalue weighted by Gasteiger charge is -2.08. The van der Waals surface area contributed by atoms with E-state index < -0.39 is 6.09 Å². The molecule has 5 heteroatoms. The van der Waals surface area contributed by atoms with Gasteiger partial charge in [-0.25, -0.2) is 4.79 Å². The third-order valence-corrected chi connectivity index (χ3v) is 3.18. The lowest BCUT2D eigenvalue weighted by molar-refractivity contribution is 0.139. The maximum absolute atomic E-state index is 11.5. The summed E-state index contributed by atoms with van der Waals surface area (Å²) in [6.07, 6.45) is -0.517. The number of amides is 1. The molecule has 0 radical (unpaired) electrons. The van der Waals surface area contributed by atoms with Crippen molar-refractivity contribution in [1.29, 1.82) is 0 Å². The van der Waals surface area contributed by atoms with Crippen LogP contribution in [0.2, 0.25) is 0 Å². The van der Waals surface area contributed by atoms with E-state index in [1.807, 2.05) is 30.3 Å². The monoisotopic (exact) mass is 335 g/mol. The Balaban J connectivity index is 1.80. The van der Waals surface area contributed by atoms with Crippen LogP contribution in [0.5, 0.6) is 5.75 Å². The molecule has 0 aliphatic carbocycles. The Hall–Kier alpha value is -2.01. The summed E-state index contributed by atoms with van der Waals surface area (Å²) in [5.41, 5.74) is 1.55. The van der Waals surface area contributed by atoms with E-state index in [-0.39, 0.29) is 18.9 Å². The number of hydrogen-bond donors (Lipinski definition) is 2. The SMILES string of the molecule is O=C(NCc1ccc(Br)cc1O)OCc1ccccc1. The fraction of sp³-hybridized carbons (Fsp3) is 0.133. The molecular weight excluding hydrogens is 322 g/mol. The van der Waals surface area contributed by atoms with Gasteiger partial charge in [-0.2, -0.15) is 0 Å². The first-order valence-electron chi connectivity index (χ1n) is 6.07. The second-order valence-electron chi connectivity index (χ2n) is 4.19. The minimum absolute atomic E-state index is 0.128. The number of hydrogen-bond acceptors (Lipinski definition) is 3. The van der Waals surface area contributed by atoms with Gasteiger partial charge in [-0.3, -0.25) is 0 Å². The van der Waals surface area contributed by atoms with E-state index in [0.29, 0.717) is 5.56 Å². The molecule has 0 unspecified atom stereocenters. The largest absolute Gasteiger partial charge is 0.508 e. The first kappa shape index (κ1) is 14.4. The molecular formula is C15H14BrNO3. The number of rotatable bonds is 4. The maximum atomic E-state index is 11.5. The molecule has 2 N–H and O–H groups in total. The molecule has 0 saturated carbocycles. The van der Waals surface area contributed by atoms with Crippen LogP contribution in [0.1, 0.15) is 11.1 Å². The Morgan fingerprint density at radius 3 is 2.65 bits per heavy atom. The molecule has 0 aliphatic heterocycles. The van der Waals surface area contributed by atoms with E-state index in [2.05, 4.69) is 21.2 Å². The molecule has 20 heavy (non-hydrogen) atoms. The van der Waals surface area contributed by atoms with E-state index >= 15 is 0 Å². The Morgan fingerprint density at radius 2 is 1.95 bits per heavy atom. The van der Waals surface area contributed by atoms with Gasteiger partial charge in [0.05, 0.1) is 0 Å². The summed E-state index contributed by atoms with van der Waals surface area (Å²) < 4.78 is 5.86. The number of carbonyl (C=O) groups is 1. The highest BCUT2D eigenvalue weighted by Gasteiger charge is 2.06. The minimum atomic E-state index is -0.517. The first-order chi connectivity index (χ1) is 9.65. The van der Waals surface area contributed by atoms with Crippen molar-refractivity contribution in [2.75, 3.05) is 0 Å². The second-order valence-corrected chi connectivity index (χ2v) is 5.10. The Morgan fingerprint density at radius 1 is 1.20 bits per heavy atom. The predicted octanol–water partition coefficient (Wildman–Crippen LogP) is 3.58. The van der Waals surface area contributed by atoms with Crippen LogP contribution in [0.4, 0.5) is 4.79 Å². The number of phenols is 1. The van der Waals surface area contributed by atoms with Gasteiger partial charge in [0, 0.05) is 16.6 Å². The number of nitrogens with one attached hydrogen (secondary N) is 1. The average molecular weight is 336 g/mol. The predicted molar refractivity (Wildman–Crippen MR) is 79.3 cm³/mol. The molecule has 2 rings (SSSR count). The fourth-order valence-electron chi connectivity index (χ4n) is 1.63. The molecule has 0 heterocycles. The van der Waals surface area contributed by atoms with Gasteiger partial charge in [-0.1, -0.05) is 52.3 Å². The summed E-state index contributed by atoms with van der Waals surface area (Å²) in [4.78, 5) is 11.5. The molecule has 2 aromatic carbocycles. The van der Waals surface area contributed by atoms with Crippen molar-refractivity contribution in [2.45, 2.75) is 13.2 Å². The van der Waals surface area contributed by atoms with Gasteiger partial charge < -0.3 is 15.2 Å². The van der Waals surface area contributed by atoms with Crippen molar-refractivity contribution in [3.63, 3.8) is 0 Å². The summed E-state index contributed by atoms with van der Waals surface area (Å²) in [6, 6.07) is 14.5. The number of carbonyl (C=O) groups excluding carboxylic acids is 1. The van der Waals surface area contributed by atoms with Gasteiger partial charge in [0.15, 0.2) is 0 Å². The lowest BCUT2D eigenvalue weighted by Crippen LogP contribution is -2.23.